The monoisotopic (exact) mass is 324 g/mol. The van der Waals surface area contributed by atoms with Gasteiger partial charge in [-0.15, -0.1) is 0 Å². The number of hydrogen-bond acceptors (Lipinski definition) is 3. The van der Waals surface area contributed by atoms with Crippen molar-refractivity contribution in [2.24, 2.45) is 5.41 Å². The maximum Gasteiger partial charge on any atom is 0.178 e. The summed E-state index contributed by atoms with van der Waals surface area (Å²) in [5.74, 6) is 0. The van der Waals surface area contributed by atoms with E-state index in [1.54, 1.807) is 12.1 Å². The molecular formula is C15H20N2O2S2. The van der Waals surface area contributed by atoms with Crippen LogP contribution in [0.25, 0.3) is 11.0 Å². The summed E-state index contributed by atoms with van der Waals surface area (Å²) in [7, 11) is -3.26. The summed E-state index contributed by atoms with van der Waals surface area (Å²) in [4.78, 5) is 3.42. The molecule has 0 spiro atoms. The Hall–Kier alpha value is -1.14. The quantitative estimate of drug-likeness (QED) is 0.873. The molecule has 1 fully saturated rings. The fourth-order valence-electron chi connectivity index (χ4n) is 3.26. The van der Waals surface area contributed by atoms with Gasteiger partial charge >= 0.3 is 0 Å². The molecule has 1 aliphatic carbocycles. The van der Waals surface area contributed by atoms with Crippen LogP contribution < -0.4 is 0 Å². The molecule has 114 valence electrons. The number of para-hydroxylation sites is 1. The SMILES string of the molecule is CCC1(Cn2c(=S)[nH]c3c(S(C)(=O)=O)cccc32)CCC1. The van der Waals surface area contributed by atoms with Crippen molar-refractivity contribution in [2.45, 2.75) is 44.0 Å². The van der Waals surface area contributed by atoms with Crippen LogP contribution in [0.4, 0.5) is 0 Å². The van der Waals surface area contributed by atoms with Gasteiger partial charge < -0.3 is 9.55 Å². The second-order valence-electron chi connectivity index (χ2n) is 6.15. The molecule has 1 saturated carbocycles. The van der Waals surface area contributed by atoms with Crippen molar-refractivity contribution >= 4 is 33.1 Å². The molecule has 0 bridgehead atoms. The van der Waals surface area contributed by atoms with Crippen LogP contribution >= 0.6 is 12.2 Å². The molecule has 4 nitrogen and oxygen atoms in total. The largest absolute Gasteiger partial charge is 0.329 e. The molecule has 0 atom stereocenters. The fraction of sp³-hybridized carbons (Fsp3) is 0.533. The van der Waals surface area contributed by atoms with Gasteiger partial charge in [0.05, 0.1) is 15.9 Å². The van der Waals surface area contributed by atoms with Gasteiger partial charge in [0, 0.05) is 12.8 Å². The molecule has 3 rings (SSSR count). The van der Waals surface area contributed by atoms with E-state index in [4.69, 9.17) is 12.2 Å². The first kappa shape index (κ1) is 14.8. The number of rotatable bonds is 4. The second-order valence-corrected chi connectivity index (χ2v) is 8.52. The number of nitrogens with zero attached hydrogens (tertiary/aromatic N) is 1. The molecule has 21 heavy (non-hydrogen) atoms. The van der Waals surface area contributed by atoms with Crippen molar-refractivity contribution in [3.8, 4) is 0 Å². The highest BCUT2D eigenvalue weighted by Gasteiger charge is 2.36. The van der Waals surface area contributed by atoms with E-state index in [-0.39, 0.29) is 0 Å². The standard InChI is InChI=1S/C15H20N2O2S2/c1-3-15(8-5-9-15)10-17-11-6-4-7-12(21(2,18)19)13(11)16-14(17)20/h4,6-7H,3,5,8-10H2,1-2H3,(H,16,20). The Morgan fingerprint density at radius 1 is 1.38 bits per heavy atom. The normalized spacial score (nSPS) is 17.8. The van der Waals surface area contributed by atoms with Crippen molar-refractivity contribution in [3.05, 3.63) is 23.0 Å². The molecule has 1 heterocycles. The highest BCUT2D eigenvalue weighted by Crippen LogP contribution is 2.45. The Balaban J connectivity index is 2.17. The molecule has 0 saturated heterocycles. The Morgan fingerprint density at radius 3 is 2.62 bits per heavy atom. The molecule has 1 aliphatic rings. The number of H-pyrrole nitrogens is 1. The third-order valence-corrected chi connectivity index (χ3v) is 6.29. The summed E-state index contributed by atoms with van der Waals surface area (Å²) in [6.07, 6.45) is 6.09. The van der Waals surface area contributed by atoms with E-state index in [1.807, 2.05) is 6.07 Å². The highest BCUT2D eigenvalue weighted by atomic mass is 32.2. The number of benzene rings is 1. The fourth-order valence-corrected chi connectivity index (χ4v) is 4.37. The van der Waals surface area contributed by atoms with E-state index in [0.29, 0.717) is 20.6 Å². The smallest absolute Gasteiger partial charge is 0.178 e. The zero-order valence-electron chi connectivity index (χ0n) is 12.3. The van der Waals surface area contributed by atoms with Crippen LogP contribution in [0.15, 0.2) is 23.1 Å². The minimum atomic E-state index is -3.26. The van der Waals surface area contributed by atoms with Crippen LogP contribution in [0.5, 0.6) is 0 Å². The lowest BCUT2D eigenvalue weighted by atomic mass is 9.67. The number of hydrogen-bond donors (Lipinski definition) is 1. The highest BCUT2D eigenvalue weighted by molar-refractivity contribution is 7.91. The first-order chi connectivity index (χ1) is 9.86. The minimum absolute atomic E-state index is 0.323. The van der Waals surface area contributed by atoms with Crippen LogP contribution in [0, 0.1) is 10.2 Å². The summed E-state index contributed by atoms with van der Waals surface area (Å²) in [5, 5.41) is 0. The Labute approximate surface area is 130 Å². The van der Waals surface area contributed by atoms with Crippen LogP contribution in [-0.2, 0) is 16.4 Å². The number of imidazole rings is 1. The van der Waals surface area contributed by atoms with Crippen LogP contribution in [-0.4, -0.2) is 24.2 Å². The van der Waals surface area contributed by atoms with Crippen molar-refractivity contribution in [1.82, 2.24) is 9.55 Å². The van der Waals surface area contributed by atoms with Gasteiger partial charge in [-0.1, -0.05) is 19.4 Å². The lowest BCUT2D eigenvalue weighted by Crippen LogP contribution is -2.33. The first-order valence-electron chi connectivity index (χ1n) is 7.28. The predicted octanol–water partition coefficient (Wildman–Crippen LogP) is 3.68. The summed E-state index contributed by atoms with van der Waals surface area (Å²) in [6.45, 7) is 3.09. The van der Waals surface area contributed by atoms with Gasteiger partial charge in [0.25, 0.3) is 0 Å². The molecule has 0 amide bonds. The molecule has 1 aromatic heterocycles. The topological polar surface area (TPSA) is 54.9 Å². The van der Waals surface area contributed by atoms with Crippen molar-refractivity contribution in [2.75, 3.05) is 6.26 Å². The van der Waals surface area contributed by atoms with E-state index in [0.717, 1.165) is 18.5 Å². The molecule has 1 aromatic carbocycles. The van der Waals surface area contributed by atoms with Crippen LogP contribution in [0.2, 0.25) is 0 Å². The van der Waals surface area contributed by atoms with E-state index >= 15 is 0 Å². The summed E-state index contributed by atoms with van der Waals surface area (Å²) >= 11 is 5.44. The van der Waals surface area contributed by atoms with Crippen LogP contribution in [0.1, 0.15) is 32.6 Å². The van der Waals surface area contributed by atoms with Gasteiger partial charge in [-0.3, -0.25) is 0 Å². The van der Waals surface area contributed by atoms with Crippen molar-refractivity contribution in [1.29, 1.82) is 0 Å². The molecular weight excluding hydrogens is 304 g/mol. The van der Waals surface area contributed by atoms with E-state index in [9.17, 15) is 8.42 Å². The van der Waals surface area contributed by atoms with E-state index in [2.05, 4.69) is 16.5 Å². The number of aromatic nitrogens is 2. The molecule has 0 radical (unpaired) electrons. The maximum atomic E-state index is 11.9. The average Bonchev–Trinajstić information content (AvgIpc) is 2.68. The molecule has 0 unspecified atom stereocenters. The van der Waals surface area contributed by atoms with Gasteiger partial charge in [0.2, 0.25) is 0 Å². The lowest BCUT2D eigenvalue weighted by molar-refractivity contribution is 0.101. The number of sulfone groups is 1. The predicted molar refractivity (Wildman–Crippen MR) is 86.8 cm³/mol. The molecule has 1 N–H and O–H groups in total. The second kappa shape index (κ2) is 4.95. The Kier molecular flexibility index (Phi) is 3.48. The lowest BCUT2D eigenvalue weighted by Gasteiger charge is -2.41. The van der Waals surface area contributed by atoms with Crippen LogP contribution in [0.3, 0.4) is 0 Å². The molecule has 6 heteroatoms. The zero-order valence-corrected chi connectivity index (χ0v) is 14.0. The van der Waals surface area contributed by atoms with Gasteiger partial charge in [-0.05, 0) is 49.0 Å². The molecule has 2 aromatic rings. The number of aromatic amines is 1. The minimum Gasteiger partial charge on any atom is -0.329 e. The summed E-state index contributed by atoms with van der Waals surface area (Å²) < 4.78 is 26.5. The Morgan fingerprint density at radius 2 is 2.10 bits per heavy atom. The molecule has 0 aliphatic heterocycles. The third kappa shape index (κ3) is 2.44. The summed E-state index contributed by atoms with van der Waals surface area (Å²) in [6, 6.07) is 5.36. The van der Waals surface area contributed by atoms with Gasteiger partial charge in [0.15, 0.2) is 14.6 Å². The third-order valence-electron chi connectivity index (χ3n) is 4.83. The van der Waals surface area contributed by atoms with E-state index in [1.165, 1.54) is 25.5 Å². The zero-order chi connectivity index (χ0) is 15.3. The number of nitrogens with one attached hydrogen (secondary N) is 1. The summed E-state index contributed by atoms with van der Waals surface area (Å²) in [5.41, 5.74) is 1.85. The van der Waals surface area contributed by atoms with E-state index < -0.39 is 9.84 Å². The van der Waals surface area contributed by atoms with Gasteiger partial charge in [0.1, 0.15) is 0 Å². The first-order valence-corrected chi connectivity index (χ1v) is 9.58. The van der Waals surface area contributed by atoms with Gasteiger partial charge in [-0.25, -0.2) is 8.42 Å². The average molecular weight is 324 g/mol. The number of fused-ring (bicyclic) bond motifs is 1. The van der Waals surface area contributed by atoms with Gasteiger partial charge in [-0.2, -0.15) is 0 Å². The maximum absolute atomic E-state index is 11.9. The van der Waals surface area contributed by atoms with Crippen molar-refractivity contribution in [3.63, 3.8) is 0 Å². The van der Waals surface area contributed by atoms with Crippen molar-refractivity contribution < 1.29 is 8.42 Å². The Bertz CT molecular complexity index is 837.